The lowest BCUT2D eigenvalue weighted by Crippen LogP contribution is -2.37. The number of aromatic nitrogens is 3. The highest BCUT2D eigenvalue weighted by molar-refractivity contribution is 7.89. The monoisotopic (exact) mass is 314 g/mol. The Morgan fingerprint density at radius 3 is 2.81 bits per heavy atom. The van der Waals surface area contributed by atoms with Crippen LogP contribution in [-0.4, -0.2) is 36.0 Å². The number of nitrogens with zero attached hydrogens (tertiary/aromatic N) is 3. The Bertz CT molecular complexity index is 595. The minimum absolute atomic E-state index is 0.239. The van der Waals surface area contributed by atoms with Crippen LogP contribution in [0.4, 0.5) is 0 Å². The molecule has 21 heavy (non-hydrogen) atoms. The molecule has 1 aromatic rings. The van der Waals surface area contributed by atoms with Crippen molar-refractivity contribution in [1.82, 2.24) is 19.5 Å². The number of fused-ring (bicyclic) bond motifs is 1. The average Bonchev–Trinajstić information content (AvgIpc) is 2.78. The Hall–Kier alpha value is -0.990. The lowest BCUT2D eigenvalue weighted by molar-refractivity contribution is 0.177. The van der Waals surface area contributed by atoms with Crippen molar-refractivity contribution in [3.05, 3.63) is 11.6 Å². The van der Waals surface area contributed by atoms with E-state index in [-0.39, 0.29) is 11.8 Å². The minimum Gasteiger partial charge on any atom is -0.377 e. The maximum Gasteiger partial charge on any atom is 0.212 e. The van der Waals surface area contributed by atoms with Gasteiger partial charge in [-0.25, -0.2) is 22.8 Å². The summed E-state index contributed by atoms with van der Waals surface area (Å²) in [7, 11) is -1.65. The van der Waals surface area contributed by atoms with Gasteiger partial charge in [-0.05, 0) is 31.6 Å². The number of methoxy groups -OCH3 is 1. The van der Waals surface area contributed by atoms with Crippen molar-refractivity contribution in [3.8, 4) is 0 Å². The maximum atomic E-state index is 12.3. The fourth-order valence-electron chi connectivity index (χ4n) is 2.94. The van der Waals surface area contributed by atoms with E-state index in [9.17, 15) is 8.42 Å². The lowest BCUT2D eigenvalue weighted by Gasteiger charge is -2.27. The number of nitrogens with one attached hydrogen (secondary N) is 1. The second kappa shape index (κ2) is 6.02. The molecule has 7 nitrogen and oxygen atoms in total. The Labute approximate surface area is 125 Å². The molecule has 1 aliphatic carbocycles. The topological polar surface area (TPSA) is 86.1 Å². The number of aryl methyl sites for hydroxylation is 1. The fraction of sp³-hybridized carbons (Fsp3) is 0.846. The van der Waals surface area contributed by atoms with Crippen LogP contribution in [0.15, 0.2) is 0 Å². The van der Waals surface area contributed by atoms with Crippen molar-refractivity contribution in [2.75, 3.05) is 12.9 Å². The predicted octanol–water partition coefficient (Wildman–Crippen LogP) is 0.979. The van der Waals surface area contributed by atoms with Gasteiger partial charge in [0.2, 0.25) is 10.0 Å². The van der Waals surface area contributed by atoms with Gasteiger partial charge in [0.05, 0.1) is 11.8 Å². The molecule has 3 rings (SSSR count). The summed E-state index contributed by atoms with van der Waals surface area (Å²) in [5.74, 6) is 1.89. The molecule has 2 heterocycles. The molecule has 1 aliphatic heterocycles. The summed E-state index contributed by atoms with van der Waals surface area (Å²) in [5, 5.41) is 4.35. The molecule has 1 fully saturated rings. The molecule has 0 aromatic carbocycles. The van der Waals surface area contributed by atoms with Crippen LogP contribution >= 0.6 is 0 Å². The van der Waals surface area contributed by atoms with Gasteiger partial charge in [0, 0.05) is 13.7 Å². The maximum absolute atomic E-state index is 12.3. The standard InChI is InChI=1S/C13H22N4O3S/c1-20-8-12-14-13-11(6-3-7-17(13)15-12)16-21(18,19)9-10-4-2-5-10/h10-11,16H,2-9H2,1H3. The van der Waals surface area contributed by atoms with Gasteiger partial charge < -0.3 is 4.74 Å². The van der Waals surface area contributed by atoms with Gasteiger partial charge in [-0.2, -0.15) is 5.10 Å². The molecule has 0 saturated heterocycles. The first-order chi connectivity index (χ1) is 10.1. The van der Waals surface area contributed by atoms with Gasteiger partial charge in [0.1, 0.15) is 12.4 Å². The molecule has 0 amide bonds. The summed E-state index contributed by atoms with van der Waals surface area (Å²) in [6, 6.07) is -0.262. The van der Waals surface area contributed by atoms with Crippen molar-refractivity contribution < 1.29 is 13.2 Å². The van der Waals surface area contributed by atoms with Crippen LogP contribution in [-0.2, 0) is 27.9 Å². The molecule has 1 aromatic heterocycles. The van der Waals surface area contributed by atoms with E-state index in [1.165, 1.54) is 0 Å². The van der Waals surface area contributed by atoms with Gasteiger partial charge in [0.15, 0.2) is 5.82 Å². The van der Waals surface area contributed by atoms with Crippen LogP contribution in [0.3, 0.4) is 0 Å². The number of rotatable bonds is 6. The van der Waals surface area contributed by atoms with Crippen LogP contribution in [0.25, 0.3) is 0 Å². The highest BCUT2D eigenvalue weighted by atomic mass is 32.2. The zero-order valence-corrected chi connectivity index (χ0v) is 13.1. The van der Waals surface area contributed by atoms with Crippen LogP contribution in [0.1, 0.15) is 49.8 Å². The summed E-state index contributed by atoms with van der Waals surface area (Å²) in [4.78, 5) is 4.42. The van der Waals surface area contributed by atoms with Crippen LogP contribution in [0.2, 0.25) is 0 Å². The van der Waals surface area contributed by atoms with E-state index in [0.717, 1.165) is 38.6 Å². The van der Waals surface area contributed by atoms with E-state index in [2.05, 4.69) is 14.8 Å². The summed E-state index contributed by atoms with van der Waals surface area (Å²) < 4.78 is 34.2. The highest BCUT2D eigenvalue weighted by Gasteiger charge is 2.30. The minimum atomic E-state index is -3.25. The average molecular weight is 314 g/mol. The highest BCUT2D eigenvalue weighted by Crippen LogP contribution is 2.29. The second-order valence-electron chi connectivity index (χ2n) is 5.93. The molecule has 0 radical (unpaired) electrons. The normalized spacial score (nSPS) is 22.8. The zero-order valence-electron chi connectivity index (χ0n) is 12.3. The van der Waals surface area contributed by atoms with Crippen molar-refractivity contribution in [2.24, 2.45) is 5.92 Å². The second-order valence-corrected chi connectivity index (χ2v) is 7.73. The predicted molar refractivity (Wildman–Crippen MR) is 77.0 cm³/mol. The molecule has 2 aliphatic rings. The van der Waals surface area contributed by atoms with Gasteiger partial charge in [-0.1, -0.05) is 6.42 Å². The van der Waals surface area contributed by atoms with Crippen LogP contribution in [0, 0.1) is 5.92 Å². The zero-order chi connectivity index (χ0) is 14.9. The summed E-state index contributed by atoms with van der Waals surface area (Å²) >= 11 is 0. The third-order valence-corrected chi connectivity index (χ3v) is 5.75. The Kier molecular flexibility index (Phi) is 4.28. The molecule has 1 unspecified atom stereocenters. The first-order valence-electron chi connectivity index (χ1n) is 7.50. The van der Waals surface area contributed by atoms with Gasteiger partial charge in [-0.3, -0.25) is 0 Å². The lowest BCUT2D eigenvalue weighted by atomic mass is 9.87. The van der Waals surface area contributed by atoms with Crippen LogP contribution < -0.4 is 4.72 Å². The molecule has 1 atom stereocenters. The largest absolute Gasteiger partial charge is 0.377 e. The number of sulfonamides is 1. The van der Waals surface area contributed by atoms with E-state index < -0.39 is 10.0 Å². The molecule has 1 N–H and O–H groups in total. The first-order valence-corrected chi connectivity index (χ1v) is 9.15. The molecule has 1 saturated carbocycles. The van der Waals surface area contributed by atoms with Gasteiger partial charge in [-0.15, -0.1) is 0 Å². The third-order valence-electron chi connectivity index (χ3n) is 4.19. The van der Waals surface area contributed by atoms with Crippen LogP contribution in [0.5, 0.6) is 0 Å². The van der Waals surface area contributed by atoms with E-state index in [1.54, 1.807) is 11.8 Å². The van der Waals surface area contributed by atoms with E-state index >= 15 is 0 Å². The molecular formula is C13H22N4O3S. The summed E-state index contributed by atoms with van der Waals surface area (Å²) in [6.45, 7) is 1.13. The van der Waals surface area contributed by atoms with E-state index in [1.807, 2.05) is 0 Å². The molecule has 8 heteroatoms. The fourth-order valence-corrected chi connectivity index (χ4v) is 4.64. The molecular weight excluding hydrogens is 292 g/mol. The van der Waals surface area contributed by atoms with Gasteiger partial charge >= 0.3 is 0 Å². The quantitative estimate of drug-likeness (QED) is 0.846. The van der Waals surface area contributed by atoms with Gasteiger partial charge in [0.25, 0.3) is 0 Å². The SMILES string of the molecule is COCc1nc2n(n1)CCCC2NS(=O)(=O)CC1CCC1. The molecule has 0 bridgehead atoms. The van der Waals surface area contributed by atoms with Crippen molar-refractivity contribution in [3.63, 3.8) is 0 Å². The summed E-state index contributed by atoms with van der Waals surface area (Å²) in [6.07, 6.45) is 4.88. The Balaban J connectivity index is 1.71. The van der Waals surface area contributed by atoms with Crippen molar-refractivity contribution in [2.45, 2.75) is 51.3 Å². The summed E-state index contributed by atoms with van der Waals surface area (Å²) in [5.41, 5.74) is 0. The van der Waals surface area contributed by atoms with Crippen molar-refractivity contribution in [1.29, 1.82) is 0 Å². The number of hydrogen-bond acceptors (Lipinski definition) is 5. The van der Waals surface area contributed by atoms with E-state index in [4.69, 9.17) is 4.74 Å². The molecule has 0 spiro atoms. The third kappa shape index (κ3) is 3.44. The first kappa shape index (κ1) is 14.9. The van der Waals surface area contributed by atoms with E-state index in [0.29, 0.717) is 24.2 Å². The smallest absolute Gasteiger partial charge is 0.212 e. The Morgan fingerprint density at radius 2 is 2.14 bits per heavy atom. The number of ether oxygens (including phenoxy) is 1. The Morgan fingerprint density at radius 1 is 1.33 bits per heavy atom. The van der Waals surface area contributed by atoms with Crippen molar-refractivity contribution >= 4 is 10.0 Å². The molecule has 118 valence electrons. The number of hydrogen-bond donors (Lipinski definition) is 1.